The van der Waals surface area contributed by atoms with Crippen LogP contribution in [-0.2, 0) is 27.2 Å². The fourth-order valence-electron chi connectivity index (χ4n) is 5.37. The molecule has 0 fully saturated rings. The Labute approximate surface area is 284 Å². The molecule has 0 aliphatic rings. The molecule has 0 aromatic heterocycles. The zero-order valence-corrected chi connectivity index (χ0v) is 29.6. The van der Waals surface area contributed by atoms with Crippen LogP contribution in [0, 0.1) is 12.8 Å². The summed E-state index contributed by atoms with van der Waals surface area (Å²) in [6.45, 7) is 15.3. The summed E-state index contributed by atoms with van der Waals surface area (Å²) < 4.78 is 5.56. The largest absolute Gasteiger partial charge is 0.508 e. The van der Waals surface area contributed by atoms with Gasteiger partial charge in [0.25, 0.3) is 5.91 Å². The Balaban J connectivity index is 2.18. The second-order valence-corrected chi connectivity index (χ2v) is 14.0. The first kappa shape index (κ1) is 37.4. The van der Waals surface area contributed by atoms with Gasteiger partial charge in [-0.3, -0.25) is 9.59 Å². The highest BCUT2D eigenvalue weighted by Gasteiger charge is 2.39. The third kappa shape index (κ3) is 11.0. The lowest BCUT2D eigenvalue weighted by Gasteiger charge is -2.39. The van der Waals surface area contributed by atoms with Crippen LogP contribution in [0.1, 0.15) is 89.6 Å². The molecule has 3 N–H and O–H groups in total. The zero-order chi connectivity index (χ0) is 34.9. The van der Waals surface area contributed by atoms with Crippen molar-refractivity contribution in [1.29, 1.82) is 0 Å². The Morgan fingerprint density at radius 2 is 1.53 bits per heavy atom. The van der Waals surface area contributed by atoms with Crippen molar-refractivity contribution in [3.05, 3.63) is 94.0 Å². The molecule has 0 saturated heterocycles. The van der Waals surface area contributed by atoms with Gasteiger partial charge in [-0.2, -0.15) is 0 Å². The molecule has 254 valence electrons. The number of carbonyl (C=O) groups excluding carboxylic acids is 3. The monoisotopic (exact) mass is 663 g/mol. The van der Waals surface area contributed by atoms with Gasteiger partial charge in [-0.15, -0.1) is 0 Å². The molecule has 0 aliphatic carbocycles. The van der Waals surface area contributed by atoms with Crippen molar-refractivity contribution in [3.8, 4) is 5.75 Å². The number of nitrogens with zero attached hydrogens (tertiary/aromatic N) is 1. The standard InChI is InChI=1S/C38H50ClN3O5/c1-9-27-15-19-29(20-16-27)34(35(44)41-33-25(4)11-10-12-31(33)39)42(26(5)14-13-24(2)3)36(45)32(40-37(46)47-38(6,7)8)23-28-17-21-30(43)22-18-28/h10-12,15-22,24,26,32,34,43H,9,13-14,23H2,1-8H3,(H,40,46)(H,41,44). The number of aryl methyl sites for hydroxylation is 2. The van der Waals surface area contributed by atoms with E-state index in [-0.39, 0.29) is 18.2 Å². The maximum atomic E-state index is 14.9. The van der Waals surface area contributed by atoms with Crippen molar-refractivity contribution >= 4 is 35.2 Å². The molecule has 3 aromatic carbocycles. The van der Waals surface area contributed by atoms with Crippen molar-refractivity contribution in [3.63, 3.8) is 0 Å². The smallest absolute Gasteiger partial charge is 0.408 e. The number of rotatable bonds is 13. The van der Waals surface area contributed by atoms with Crippen LogP contribution in [0.25, 0.3) is 0 Å². The molecule has 3 unspecified atom stereocenters. The summed E-state index contributed by atoms with van der Waals surface area (Å²) in [4.78, 5) is 44.2. The molecule has 3 rings (SSSR count). The van der Waals surface area contributed by atoms with Crippen molar-refractivity contribution in [2.24, 2.45) is 5.92 Å². The van der Waals surface area contributed by atoms with Crippen LogP contribution in [0.2, 0.25) is 5.02 Å². The first-order chi connectivity index (χ1) is 22.1. The highest BCUT2D eigenvalue weighted by atomic mass is 35.5. The number of carbonyl (C=O) groups is 3. The number of anilines is 1. The second-order valence-electron chi connectivity index (χ2n) is 13.6. The summed E-state index contributed by atoms with van der Waals surface area (Å²) in [6.07, 6.45) is 1.63. The molecular formula is C38H50ClN3O5. The van der Waals surface area contributed by atoms with Gasteiger partial charge in [0.15, 0.2) is 0 Å². The van der Waals surface area contributed by atoms with Gasteiger partial charge in [-0.25, -0.2) is 4.79 Å². The number of nitrogens with one attached hydrogen (secondary N) is 2. The lowest BCUT2D eigenvalue weighted by molar-refractivity contribution is -0.143. The van der Waals surface area contributed by atoms with Gasteiger partial charge in [-0.1, -0.05) is 80.9 Å². The summed E-state index contributed by atoms with van der Waals surface area (Å²) in [5, 5.41) is 16.1. The zero-order valence-electron chi connectivity index (χ0n) is 28.9. The second kappa shape index (κ2) is 16.7. The minimum Gasteiger partial charge on any atom is -0.508 e. The highest BCUT2D eigenvalue weighted by molar-refractivity contribution is 6.34. The first-order valence-corrected chi connectivity index (χ1v) is 16.7. The predicted molar refractivity (Wildman–Crippen MR) is 189 cm³/mol. The predicted octanol–water partition coefficient (Wildman–Crippen LogP) is 8.39. The lowest BCUT2D eigenvalue weighted by Crippen LogP contribution is -2.55. The molecule has 3 atom stereocenters. The maximum Gasteiger partial charge on any atom is 0.408 e. The van der Waals surface area contributed by atoms with E-state index >= 15 is 0 Å². The fraction of sp³-hybridized carbons (Fsp3) is 0.447. The molecule has 3 amide bonds. The van der Waals surface area contributed by atoms with Crippen LogP contribution in [0.5, 0.6) is 5.75 Å². The van der Waals surface area contributed by atoms with Crippen molar-refractivity contribution < 1.29 is 24.2 Å². The summed E-state index contributed by atoms with van der Waals surface area (Å²) in [6, 6.07) is 17.0. The molecule has 3 aromatic rings. The van der Waals surface area contributed by atoms with E-state index in [1.807, 2.05) is 50.2 Å². The molecule has 0 radical (unpaired) electrons. The van der Waals surface area contributed by atoms with E-state index in [0.29, 0.717) is 34.2 Å². The van der Waals surface area contributed by atoms with E-state index in [2.05, 4.69) is 31.4 Å². The number of halogens is 1. The van der Waals surface area contributed by atoms with E-state index in [1.54, 1.807) is 43.9 Å². The Morgan fingerprint density at radius 1 is 0.915 bits per heavy atom. The Hall–Kier alpha value is -4.04. The van der Waals surface area contributed by atoms with E-state index in [1.165, 1.54) is 12.1 Å². The van der Waals surface area contributed by atoms with Crippen LogP contribution in [-0.4, -0.2) is 45.6 Å². The molecule has 9 heteroatoms. The summed E-state index contributed by atoms with van der Waals surface area (Å²) in [7, 11) is 0. The third-order valence-corrected chi connectivity index (χ3v) is 8.27. The fourth-order valence-corrected chi connectivity index (χ4v) is 5.63. The number of alkyl carbamates (subject to hydrolysis) is 1. The van der Waals surface area contributed by atoms with Crippen LogP contribution >= 0.6 is 11.6 Å². The normalized spacial score (nSPS) is 13.4. The highest BCUT2D eigenvalue weighted by Crippen LogP contribution is 2.32. The molecule has 0 saturated carbocycles. The summed E-state index contributed by atoms with van der Waals surface area (Å²) in [5.41, 5.74) is 2.91. The first-order valence-electron chi connectivity index (χ1n) is 16.3. The number of para-hydroxylation sites is 1. The molecule has 0 aliphatic heterocycles. The minimum absolute atomic E-state index is 0.0859. The average molecular weight is 664 g/mol. The van der Waals surface area contributed by atoms with E-state index in [9.17, 15) is 19.5 Å². The number of phenols is 1. The molecule has 0 bridgehead atoms. The molecular weight excluding hydrogens is 614 g/mol. The quantitative estimate of drug-likeness (QED) is 0.170. The van der Waals surface area contributed by atoms with Gasteiger partial charge in [0.2, 0.25) is 5.91 Å². The third-order valence-electron chi connectivity index (χ3n) is 7.96. The van der Waals surface area contributed by atoms with Crippen LogP contribution in [0.3, 0.4) is 0 Å². The van der Waals surface area contributed by atoms with Crippen molar-refractivity contribution in [1.82, 2.24) is 10.2 Å². The number of benzene rings is 3. The van der Waals surface area contributed by atoms with E-state index in [0.717, 1.165) is 24.0 Å². The van der Waals surface area contributed by atoms with Gasteiger partial charge >= 0.3 is 6.09 Å². The van der Waals surface area contributed by atoms with Gasteiger partial charge in [-0.05, 0) is 100 Å². The maximum absolute atomic E-state index is 14.9. The van der Waals surface area contributed by atoms with Crippen LogP contribution in [0.15, 0.2) is 66.7 Å². The number of hydrogen-bond acceptors (Lipinski definition) is 5. The van der Waals surface area contributed by atoms with Gasteiger partial charge in [0.1, 0.15) is 23.4 Å². The Bertz CT molecular complexity index is 1480. The number of ether oxygens (including phenoxy) is 1. The number of aromatic hydroxyl groups is 1. The number of amides is 3. The van der Waals surface area contributed by atoms with Crippen molar-refractivity contribution in [2.45, 2.75) is 105 Å². The number of hydrogen-bond donors (Lipinski definition) is 3. The van der Waals surface area contributed by atoms with Crippen molar-refractivity contribution in [2.75, 3.05) is 5.32 Å². The molecule has 0 spiro atoms. The topological polar surface area (TPSA) is 108 Å². The van der Waals surface area contributed by atoms with Crippen LogP contribution in [0.4, 0.5) is 10.5 Å². The summed E-state index contributed by atoms with van der Waals surface area (Å²) in [5.74, 6) is -0.404. The number of phenolic OH excluding ortho intramolecular Hbond substituents is 1. The van der Waals surface area contributed by atoms with Crippen LogP contribution < -0.4 is 10.6 Å². The van der Waals surface area contributed by atoms with Gasteiger partial charge in [0, 0.05) is 12.5 Å². The van der Waals surface area contributed by atoms with Gasteiger partial charge < -0.3 is 25.4 Å². The SMILES string of the molecule is CCc1ccc(C(C(=O)Nc2c(C)cccc2Cl)N(C(=O)C(Cc2ccc(O)cc2)NC(=O)OC(C)(C)C)C(C)CCC(C)C)cc1. The minimum atomic E-state index is -1.08. The Kier molecular flexibility index (Phi) is 13.3. The summed E-state index contributed by atoms with van der Waals surface area (Å²) >= 11 is 6.54. The molecule has 8 nitrogen and oxygen atoms in total. The Morgan fingerprint density at radius 3 is 2.09 bits per heavy atom. The average Bonchev–Trinajstić information content (AvgIpc) is 3.00. The molecule has 0 heterocycles. The molecule has 47 heavy (non-hydrogen) atoms. The van der Waals surface area contributed by atoms with Gasteiger partial charge in [0.05, 0.1) is 10.7 Å². The lowest BCUT2D eigenvalue weighted by atomic mass is 9.95. The van der Waals surface area contributed by atoms with E-state index < -0.39 is 35.6 Å². The van der Waals surface area contributed by atoms with E-state index in [4.69, 9.17) is 16.3 Å².